The molecule has 2 unspecified atom stereocenters. The van der Waals surface area contributed by atoms with Crippen LogP contribution in [0.4, 0.5) is 0 Å². The average Bonchev–Trinajstić information content (AvgIpc) is 2.15. The van der Waals surface area contributed by atoms with E-state index in [-0.39, 0.29) is 12.6 Å². The van der Waals surface area contributed by atoms with Crippen molar-refractivity contribution in [3.05, 3.63) is 12.0 Å². The van der Waals surface area contributed by atoms with Crippen LogP contribution in [-0.4, -0.2) is 38.2 Å². The Kier molecular flexibility index (Phi) is 6.30. The molecule has 0 radical (unpaired) electrons. The quantitative estimate of drug-likeness (QED) is 0.384. The highest BCUT2D eigenvalue weighted by molar-refractivity contribution is 5.02. The lowest BCUT2D eigenvalue weighted by Gasteiger charge is -2.19. The Balaban J connectivity index is 4.18. The monoisotopic (exact) mass is 190 g/mol. The van der Waals surface area contributed by atoms with Gasteiger partial charge in [0.1, 0.15) is 12.5 Å². The zero-order chi connectivity index (χ0) is 10.3. The second-order valence-corrected chi connectivity index (χ2v) is 2.58. The summed E-state index contributed by atoms with van der Waals surface area (Å²) >= 11 is 0. The summed E-state index contributed by atoms with van der Waals surface area (Å²) in [6.45, 7) is 1.97. The molecule has 0 aromatic heterocycles. The number of ether oxygens (including phenoxy) is 2. The van der Waals surface area contributed by atoms with Gasteiger partial charge in [-0.3, -0.25) is 0 Å². The minimum absolute atomic E-state index is 0.136. The SMILES string of the molecule is CO/C=C(\NC(O)CN)C(C)OC. The summed E-state index contributed by atoms with van der Waals surface area (Å²) in [5, 5.41) is 12.0. The molecule has 0 aromatic rings. The van der Waals surface area contributed by atoms with E-state index in [1.165, 1.54) is 13.4 Å². The maximum atomic E-state index is 9.21. The van der Waals surface area contributed by atoms with Gasteiger partial charge in [-0.2, -0.15) is 0 Å². The van der Waals surface area contributed by atoms with Gasteiger partial charge in [-0.25, -0.2) is 0 Å². The molecule has 13 heavy (non-hydrogen) atoms. The molecule has 0 rings (SSSR count). The lowest BCUT2D eigenvalue weighted by atomic mass is 10.3. The molecule has 0 spiro atoms. The predicted molar refractivity (Wildman–Crippen MR) is 49.8 cm³/mol. The molecule has 2 atom stereocenters. The smallest absolute Gasteiger partial charge is 0.136 e. The zero-order valence-corrected chi connectivity index (χ0v) is 8.28. The minimum atomic E-state index is -0.779. The summed E-state index contributed by atoms with van der Waals surface area (Å²) < 4.78 is 9.86. The number of nitrogens with two attached hydrogens (primary N) is 1. The fourth-order valence-corrected chi connectivity index (χ4v) is 0.752. The van der Waals surface area contributed by atoms with Crippen molar-refractivity contribution in [2.75, 3.05) is 20.8 Å². The maximum Gasteiger partial charge on any atom is 0.136 e. The molecular weight excluding hydrogens is 172 g/mol. The first kappa shape index (κ1) is 12.2. The molecule has 78 valence electrons. The van der Waals surface area contributed by atoms with Crippen molar-refractivity contribution < 1.29 is 14.6 Å². The largest absolute Gasteiger partial charge is 0.502 e. The lowest BCUT2D eigenvalue weighted by molar-refractivity contribution is 0.106. The molecule has 0 bridgehead atoms. The summed E-state index contributed by atoms with van der Waals surface area (Å²) in [4.78, 5) is 0. The van der Waals surface area contributed by atoms with E-state index in [9.17, 15) is 5.11 Å². The summed E-state index contributed by atoms with van der Waals surface area (Å²) in [6.07, 6.45) is 0.535. The minimum Gasteiger partial charge on any atom is -0.502 e. The molecule has 0 aliphatic rings. The van der Waals surface area contributed by atoms with E-state index in [0.29, 0.717) is 5.70 Å². The fraction of sp³-hybridized carbons (Fsp3) is 0.750. The van der Waals surface area contributed by atoms with E-state index >= 15 is 0 Å². The molecule has 0 aromatic carbocycles. The first-order chi connectivity index (χ1) is 6.15. The van der Waals surface area contributed by atoms with Crippen LogP contribution in [0.3, 0.4) is 0 Å². The van der Waals surface area contributed by atoms with Crippen molar-refractivity contribution in [3.8, 4) is 0 Å². The Bertz CT molecular complexity index is 161. The lowest BCUT2D eigenvalue weighted by Crippen LogP contribution is -2.38. The highest BCUT2D eigenvalue weighted by atomic mass is 16.5. The van der Waals surface area contributed by atoms with Crippen molar-refractivity contribution in [2.45, 2.75) is 19.3 Å². The number of hydrogen-bond donors (Lipinski definition) is 3. The van der Waals surface area contributed by atoms with E-state index < -0.39 is 6.23 Å². The molecule has 0 saturated carbocycles. The summed E-state index contributed by atoms with van der Waals surface area (Å²) in [5.74, 6) is 0. The average molecular weight is 190 g/mol. The van der Waals surface area contributed by atoms with Crippen LogP contribution in [-0.2, 0) is 9.47 Å². The standard InChI is InChI=1S/C8H18N2O3/c1-6(13-3)7(5-12-2)10-8(11)4-9/h5-6,8,10-11H,4,9H2,1-3H3/b7-5-. The number of hydrogen-bond acceptors (Lipinski definition) is 5. The number of nitrogens with one attached hydrogen (secondary N) is 1. The molecule has 0 heterocycles. The summed E-state index contributed by atoms with van der Waals surface area (Å²) in [6, 6.07) is 0. The van der Waals surface area contributed by atoms with Crippen molar-refractivity contribution >= 4 is 0 Å². The third-order valence-electron chi connectivity index (χ3n) is 1.59. The van der Waals surface area contributed by atoms with Crippen LogP contribution in [0.15, 0.2) is 12.0 Å². The zero-order valence-electron chi connectivity index (χ0n) is 8.28. The molecule has 5 heteroatoms. The molecule has 5 nitrogen and oxygen atoms in total. The van der Waals surface area contributed by atoms with Crippen molar-refractivity contribution in [1.29, 1.82) is 0 Å². The van der Waals surface area contributed by atoms with Crippen LogP contribution in [0.1, 0.15) is 6.92 Å². The molecular formula is C8H18N2O3. The van der Waals surface area contributed by atoms with Gasteiger partial charge in [-0.1, -0.05) is 0 Å². The maximum absolute atomic E-state index is 9.21. The second-order valence-electron chi connectivity index (χ2n) is 2.58. The Morgan fingerprint density at radius 2 is 2.23 bits per heavy atom. The van der Waals surface area contributed by atoms with Gasteiger partial charge in [0.25, 0.3) is 0 Å². The van der Waals surface area contributed by atoms with E-state index in [4.69, 9.17) is 15.2 Å². The number of methoxy groups -OCH3 is 2. The normalized spacial score (nSPS) is 16.5. The van der Waals surface area contributed by atoms with Crippen LogP contribution in [0.25, 0.3) is 0 Å². The predicted octanol–water partition coefficient (Wildman–Crippen LogP) is -0.624. The highest BCUT2D eigenvalue weighted by Gasteiger charge is 2.10. The molecule has 0 saturated heterocycles. The fourth-order valence-electron chi connectivity index (χ4n) is 0.752. The Labute approximate surface area is 78.5 Å². The van der Waals surface area contributed by atoms with Gasteiger partial charge in [-0.15, -0.1) is 0 Å². The molecule has 0 aliphatic carbocycles. The molecule has 0 amide bonds. The van der Waals surface area contributed by atoms with E-state index in [2.05, 4.69) is 5.32 Å². The second kappa shape index (κ2) is 6.71. The number of rotatable bonds is 6. The third-order valence-corrected chi connectivity index (χ3v) is 1.59. The van der Waals surface area contributed by atoms with Crippen molar-refractivity contribution in [3.63, 3.8) is 0 Å². The van der Waals surface area contributed by atoms with Gasteiger partial charge >= 0.3 is 0 Å². The van der Waals surface area contributed by atoms with Gasteiger partial charge in [0.15, 0.2) is 0 Å². The van der Waals surface area contributed by atoms with Gasteiger partial charge in [0.2, 0.25) is 0 Å². The highest BCUT2D eigenvalue weighted by Crippen LogP contribution is 2.02. The number of aliphatic hydroxyl groups excluding tert-OH is 1. The van der Waals surface area contributed by atoms with Crippen LogP contribution < -0.4 is 11.1 Å². The van der Waals surface area contributed by atoms with Gasteiger partial charge in [0, 0.05) is 13.7 Å². The molecule has 0 fully saturated rings. The first-order valence-corrected chi connectivity index (χ1v) is 4.06. The van der Waals surface area contributed by atoms with Gasteiger partial charge < -0.3 is 25.6 Å². The van der Waals surface area contributed by atoms with Crippen LogP contribution in [0, 0.1) is 0 Å². The van der Waals surface area contributed by atoms with Crippen LogP contribution >= 0.6 is 0 Å². The first-order valence-electron chi connectivity index (χ1n) is 4.06. The van der Waals surface area contributed by atoms with Gasteiger partial charge in [0.05, 0.1) is 18.9 Å². The van der Waals surface area contributed by atoms with Crippen LogP contribution in [0.2, 0.25) is 0 Å². The molecule has 0 aliphatic heterocycles. The van der Waals surface area contributed by atoms with Crippen molar-refractivity contribution in [1.82, 2.24) is 5.32 Å². The Morgan fingerprint density at radius 3 is 2.62 bits per heavy atom. The topological polar surface area (TPSA) is 76.7 Å². The van der Waals surface area contributed by atoms with E-state index in [1.807, 2.05) is 6.92 Å². The van der Waals surface area contributed by atoms with Gasteiger partial charge in [-0.05, 0) is 6.92 Å². The third kappa shape index (κ3) is 4.72. The van der Waals surface area contributed by atoms with Crippen molar-refractivity contribution in [2.24, 2.45) is 5.73 Å². The molecule has 4 N–H and O–H groups in total. The van der Waals surface area contributed by atoms with E-state index in [1.54, 1.807) is 7.11 Å². The Hall–Kier alpha value is -0.780. The van der Waals surface area contributed by atoms with E-state index in [0.717, 1.165) is 0 Å². The Morgan fingerprint density at radius 1 is 1.62 bits per heavy atom. The number of aliphatic hydroxyl groups is 1. The van der Waals surface area contributed by atoms with Crippen LogP contribution in [0.5, 0.6) is 0 Å². The summed E-state index contributed by atoms with van der Waals surface area (Å²) in [7, 11) is 3.10. The summed E-state index contributed by atoms with van der Waals surface area (Å²) in [5.41, 5.74) is 5.89.